The minimum absolute atomic E-state index is 0.0567. The normalized spacial score (nSPS) is 11.8. The van der Waals surface area contributed by atoms with Crippen LogP contribution < -0.4 is 21.3 Å². The maximum Gasteiger partial charge on any atom is 0.233 e. The van der Waals surface area contributed by atoms with Crippen molar-refractivity contribution in [2.45, 2.75) is 19.3 Å². The monoisotopic (exact) mass is 504 g/mol. The highest BCUT2D eigenvalue weighted by atomic mass is 32.1. The Morgan fingerprint density at radius 2 is 1.83 bits per heavy atom. The molecule has 10 nitrogen and oxygen atoms in total. The van der Waals surface area contributed by atoms with E-state index in [0.29, 0.717) is 37.5 Å². The number of fused-ring (bicyclic) bond motifs is 1. The summed E-state index contributed by atoms with van der Waals surface area (Å²) in [6, 6.07) is 16.4. The maximum atomic E-state index is 7.53. The van der Waals surface area contributed by atoms with Gasteiger partial charge in [-0.3, -0.25) is 5.41 Å². The zero-order valence-electron chi connectivity index (χ0n) is 20.8. The van der Waals surface area contributed by atoms with Crippen molar-refractivity contribution in [2.75, 3.05) is 49.3 Å². The summed E-state index contributed by atoms with van der Waals surface area (Å²) >= 11 is 1.59. The molecule has 0 aliphatic carbocycles. The Bertz CT molecular complexity index is 1290. The zero-order chi connectivity index (χ0) is 25.5. The van der Waals surface area contributed by atoms with Crippen LogP contribution >= 0.6 is 11.3 Å². The summed E-state index contributed by atoms with van der Waals surface area (Å²) in [5, 5.41) is 14.3. The van der Waals surface area contributed by atoms with Gasteiger partial charge in [-0.15, -0.1) is 11.3 Å². The molecule has 1 unspecified atom stereocenters. The first-order chi connectivity index (χ1) is 17.4. The molecule has 5 N–H and O–H groups in total. The average Bonchev–Trinajstić information content (AvgIpc) is 3.35. The Labute approximate surface area is 215 Å². The third-order valence-corrected chi connectivity index (χ3v) is 6.68. The molecule has 0 aliphatic heterocycles. The van der Waals surface area contributed by atoms with Crippen molar-refractivity contribution in [1.29, 1.82) is 5.41 Å². The lowest BCUT2D eigenvalue weighted by atomic mass is 10.0. The van der Waals surface area contributed by atoms with E-state index in [1.54, 1.807) is 16.2 Å². The van der Waals surface area contributed by atoms with Crippen molar-refractivity contribution >= 4 is 51.0 Å². The molecule has 0 bridgehead atoms. The van der Waals surface area contributed by atoms with Crippen molar-refractivity contribution in [2.24, 2.45) is 5.73 Å². The first kappa shape index (κ1) is 25.1. The topological polar surface area (TPSA) is 132 Å². The molecule has 0 amide bonds. The molecule has 2 heterocycles. The Balaban J connectivity index is 1.51. The molecule has 0 spiro atoms. The number of anilines is 4. The molecule has 4 rings (SSSR count). The second kappa shape index (κ2) is 11.6. The number of nitrogens with one attached hydrogen (secondary N) is 3. The van der Waals surface area contributed by atoms with Gasteiger partial charge in [-0.25, -0.2) is 4.98 Å². The van der Waals surface area contributed by atoms with E-state index in [4.69, 9.17) is 11.1 Å². The summed E-state index contributed by atoms with van der Waals surface area (Å²) in [6.45, 7) is 4.23. The Hall–Kier alpha value is -3.99. The van der Waals surface area contributed by atoms with E-state index in [1.807, 2.05) is 60.9 Å². The number of thiazole rings is 1. The molecule has 2 aromatic carbocycles. The van der Waals surface area contributed by atoms with Crippen LogP contribution in [-0.2, 0) is 0 Å². The molecule has 1 atom stereocenters. The molecule has 2 aromatic heterocycles. The minimum atomic E-state index is 0.0567. The standard InChI is InChI=1S/C25H32N10S/c1-17(18-8-5-4-6-9-18)15-28-23-31-24(30-19-10-11-20-21(14-19)36-16-29-20)33-25(32-23)35(3)13-7-12-34(2)22(26)27/h4-6,8-11,14,16-17H,7,12-13,15H2,1-3H3,(H3,26,27)(H2,28,30,31,32,33). The van der Waals surface area contributed by atoms with Crippen LogP contribution in [0.5, 0.6) is 0 Å². The lowest BCUT2D eigenvalue weighted by Gasteiger charge is -2.21. The van der Waals surface area contributed by atoms with Gasteiger partial charge in [-0.1, -0.05) is 37.3 Å². The van der Waals surface area contributed by atoms with Gasteiger partial charge < -0.3 is 26.2 Å². The van der Waals surface area contributed by atoms with E-state index >= 15 is 0 Å². The highest BCUT2D eigenvalue weighted by Crippen LogP contribution is 2.24. The molecule has 4 aromatic rings. The van der Waals surface area contributed by atoms with Crippen molar-refractivity contribution in [3.05, 3.63) is 59.6 Å². The third-order valence-electron chi connectivity index (χ3n) is 5.89. The molecule has 0 fully saturated rings. The van der Waals surface area contributed by atoms with E-state index in [-0.39, 0.29) is 11.9 Å². The third kappa shape index (κ3) is 6.57. The van der Waals surface area contributed by atoms with Crippen LogP contribution in [0.1, 0.15) is 24.8 Å². The number of aromatic nitrogens is 4. The van der Waals surface area contributed by atoms with Gasteiger partial charge in [0, 0.05) is 39.4 Å². The number of hydrogen-bond donors (Lipinski definition) is 4. The van der Waals surface area contributed by atoms with Crippen LogP contribution in [0, 0.1) is 5.41 Å². The highest BCUT2D eigenvalue weighted by molar-refractivity contribution is 7.16. The molecule has 0 aliphatic rings. The van der Waals surface area contributed by atoms with E-state index in [0.717, 1.165) is 22.3 Å². The van der Waals surface area contributed by atoms with Gasteiger partial charge in [-0.2, -0.15) is 15.0 Å². The lowest BCUT2D eigenvalue weighted by molar-refractivity contribution is 0.480. The predicted molar refractivity (Wildman–Crippen MR) is 149 cm³/mol. The number of rotatable bonds is 11. The van der Waals surface area contributed by atoms with Crippen LogP contribution in [0.15, 0.2) is 54.0 Å². The van der Waals surface area contributed by atoms with Gasteiger partial charge in [0.05, 0.1) is 15.7 Å². The fraction of sp³-hybridized carbons (Fsp3) is 0.320. The number of nitrogens with zero attached hydrogens (tertiary/aromatic N) is 6. The van der Waals surface area contributed by atoms with Crippen molar-refractivity contribution in [3.8, 4) is 0 Å². The number of benzene rings is 2. The first-order valence-corrected chi connectivity index (χ1v) is 12.7. The maximum absolute atomic E-state index is 7.53. The van der Waals surface area contributed by atoms with E-state index in [2.05, 4.69) is 49.6 Å². The van der Waals surface area contributed by atoms with Crippen LogP contribution in [0.25, 0.3) is 10.2 Å². The molecule has 36 heavy (non-hydrogen) atoms. The fourth-order valence-corrected chi connectivity index (χ4v) is 4.36. The zero-order valence-corrected chi connectivity index (χ0v) is 21.6. The summed E-state index contributed by atoms with van der Waals surface area (Å²) in [6.07, 6.45) is 0.802. The summed E-state index contributed by atoms with van der Waals surface area (Å²) in [4.78, 5) is 22.0. The van der Waals surface area contributed by atoms with Gasteiger partial charge in [0.25, 0.3) is 0 Å². The molecular weight excluding hydrogens is 472 g/mol. The van der Waals surface area contributed by atoms with Gasteiger partial charge >= 0.3 is 0 Å². The highest BCUT2D eigenvalue weighted by Gasteiger charge is 2.13. The number of guanidine groups is 1. The fourth-order valence-electron chi connectivity index (χ4n) is 3.64. The Kier molecular flexibility index (Phi) is 8.11. The largest absolute Gasteiger partial charge is 0.370 e. The molecule has 0 saturated carbocycles. The van der Waals surface area contributed by atoms with Crippen molar-refractivity contribution in [3.63, 3.8) is 0 Å². The quantitative estimate of drug-likeness (QED) is 0.176. The van der Waals surface area contributed by atoms with Crippen LogP contribution in [-0.4, -0.2) is 64.5 Å². The van der Waals surface area contributed by atoms with Gasteiger partial charge in [0.2, 0.25) is 17.8 Å². The van der Waals surface area contributed by atoms with Gasteiger partial charge in [-0.05, 0) is 36.1 Å². The molecule has 11 heteroatoms. The minimum Gasteiger partial charge on any atom is -0.370 e. The van der Waals surface area contributed by atoms with E-state index < -0.39 is 0 Å². The summed E-state index contributed by atoms with van der Waals surface area (Å²) in [5.41, 5.74) is 10.5. The molecule has 0 radical (unpaired) electrons. The molecular formula is C25H32N10S. The summed E-state index contributed by atoms with van der Waals surface area (Å²) in [7, 11) is 3.76. The van der Waals surface area contributed by atoms with E-state index in [9.17, 15) is 0 Å². The Morgan fingerprint density at radius 3 is 2.61 bits per heavy atom. The predicted octanol–water partition coefficient (Wildman–Crippen LogP) is 4.09. The average molecular weight is 505 g/mol. The van der Waals surface area contributed by atoms with Crippen molar-refractivity contribution in [1.82, 2.24) is 24.8 Å². The number of hydrogen-bond acceptors (Lipinski definition) is 9. The Morgan fingerprint density at radius 1 is 1.06 bits per heavy atom. The van der Waals surface area contributed by atoms with Crippen LogP contribution in [0.3, 0.4) is 0 Å². The second-order valence-corrected chi connectivity index (χ2v) is 9.60. The van der Waals surface area contributed by atoms with Gasteiger partial charge in [0.1, 0.15) is 0 Å². The SMILES string of the molecule is CC(CNc1nc(Nc2ccc3ncsc3c2)nc(N(C)CCCN(C)C(=N)N)n1)c1ccccc1. The van der Waals surface area contributed by atoms with Crippen LogP contribution in [0.2, 0.25) is 0 Å². The molecule has 0 saturated heterocycles. The number of nitrogens with two attached hydrogens (primary N) is 1. The molecule has 188 valence electrons. The van der Waals surface area contributed by atoms with E-state index in [1.165, 1.54) is 5.56 Å². The summed E-state index contributed by atoms with van der Waals surface area (Å²) in [5.74, 6) is 1.88. The lowest BCUT2D eigenvalue weighted by Crippen LogP contribution is -2.35. The van der Waals surface area contributed by atoms with Crippen LogP contribution in [0.4, 0.5) is 23.5 Å². The smallest absolute Gasteiger partial charge is 0.233 e. The summed E-state index contributed by atoms with van der Waals surface area (Å²) < 4.78 is 1.09. The first-order valence-electron chi connectivity index (χ1n) is 11.8. The second-order valence-electron chi connectivity index (χ2n) is 8.72. The van der Waals surface area contributed by atoms with Gasteiger partial charge in [0.15, 0.2) is 5.96 Å². The van der Waals surface area contributed by atoms with Crippen molar-refractivity contribution < 1.29 is 0 Å².